The van der Waals surface area contributed by atoms with Crippen molar-refractivity contribution in [3.05, 3.63) is 72.2 Å². The molecule has 0 aliphatic rings. The van der Waals surface area contributed by atoms with E-state index < -0.39 is 6.36 Å². The zero-order chi connectivity index (χ0) is 19.4. The van der Waals surface area contributed by atoms with Gasteiger partial charge in [0.1, 0.15) is 17.9 Å². The van der Waals surface area contributed by atoms with E-state index in [9.17, 15) is 18.0 Å². The Bertz CT molecular complexity index is 957. The van der Waals surface area contributed by atoms with Crippen molar-refractivity contribution in [2.45, 2.75) is 13.3 Å². The minimum absolute atomic E-state index is 0.253. The summed E-state index contributed by atoms with van der Waals surface area (Å²) in [6.07, 6.45) is -2.01. The third-order valence-corrected chi connectivity index (χ3v) is 3.73. The van der Waals surface area contributed by atoms with Gasteiger partial charge in [0.15, 0.2) is 0 Å². The summed E-state index contributed by atoms with van der Waals surface area (Å²) in [4.78, 5) is 20.5. The molecule has 138 valence electrons. The Labute approximate surface area is 152 Å². The molecular formula is C19H14F3N3O2. The van der Waals surface area contributed by atoms with Crippen molar-refractivity contribution in [3.63, 3.8) is 0 Å². The van der Waals surface area contributed by atoms with E-state index in [-0.39, 0.29) is 17.5 Å². The van der Waals surface area contributed by atoms with Crippen molar-refractivity contribution in [1.82, 2.24) is 9.97 Å². The van der Waals surface area contributed by atoms with E-state index in [1.807, 2.05) is 19.1 Å². The lowest BCUT2D eigenvalue weighted by Crippen LogP contribution is -2.17. The first-order valence-corrected chi connectivity index (χ1v) is 7.86. The van der Waals surface area contributed by atoms with Gasteiger partial charge in [-0.05, 0) is 36.2 Å². The van der Waals surface area contributed by atoms with Gasteiger partial charge in [0.05, 0.1) is 0 Å². The number of nitrogens with one attached hydrogen (secondary N) is 1. The van der Waals surface area contributed by atoms with E-state index in [1.54, 1.807) is 12.1 Å². The first kappa shape index (κ1) is 18.4. The van der Waals surface area contributed by atoms with Crippen LogP contribution in [-0.2, 0) is 0 Å². The molecule has 2 aromatic carbocycles. The predicted octanol–water partition coefficient (Wildman–Crippen LogP) is 4.60. The molecule has 1 aromatic heterocycles. The molecule has 0 saturated carbocycles. The highest BCUT2D eigenvalue weighted by Crippen LogP contribution is 2.29. The lowest BCUT2D eigenvalue weighted by Gasteiger charge is -2.12. The van der Waals surface area contributed by atoms with E-state index in [1.165, 1.54) is 36.8 Å². The van der Waals surface area contributed by atoms with Gasteiger partial charge in [-0.15, -0.1) is 13.2 Å². The molecule has 0 saturated heterocycles. The molecule has 0 fully saturated rings. The maximum absolute atomic E-state index is 12.5. The largest absolute Gasteiger partial charge is 0.573 e. The summed E-state index contributed by atoms with van der Waals surface area (Å²) >= 11 is 0. The number of rotatable bonds is 4. The van der Waals surface area contributed by atoms with Crippen LogP contribution in [0.25, 0.3) is 11.1 Å². The summed E-state index contributed by atoms with van der Waals surface area (Å²) in [6, 6.07) is 12.3. The van der Waals surface area contributed by atoms with E-state index in [0.717, 1.165) is 5.56 Å². The maximum Gasteiger partial charge on any atom is 0.573 e. The van der Waals surface area contributed by atoms with Gasteiger partial charge in [-0.3, -0.25) is 4.79 Å². The third kappa shape index (κ3) is 4.60. The van der Waals surface area contributed by atoms with Gasteiger partial charge < -0.3 is 10.1 Å². The Hall–Kier alpha value is -3.42. The fourth-order valence-corrected chi connectivity index (χ4v) is 2.48. The Morgan fingerprint density at radius 3 is 2.44 bits per heavy atom. The number of alkyl halides is 3. The van der Waals surface area contributed by atoms with Crippen molar-refractivity contribution in [1.29, 1.82) is 0 Å². The van der Waals surface area contributed by atoms with E-state index in [0.29, 0.717) is 16.7 Å². The highest BCUT2D eigenvalue weighted by atomic mass is 19.4. The second kappa shape index (κ2) is 7.45. The van der Waals surface area contributed by atoms with Gasteiger partial charge in [0.2, 0.25) is 0 Å². The number of aromatic nitrogens is 2. The monoisotopic (exact) mass is 373 g/mol. The molecule has 0 radical (unpaired) electrons. The topological polar surface area (TPSA) is 64.1 Å². The van der Waals surface area contributed by atoms with Crippen LogP contribution in [0.2, 0.25) is 0 Å². The minimum Gasteiger partial charge on any atom is -0.406 e. The summed E-state index contributed by atoms with van der Waals surface area (Å²) in [6.45, 7) is 1.81. The van der Waals surface area contributed by atoms with Gasteiger partial charge in [-0.2, -0.15) is 0 Å². The van der Waals surface area contributed by atoms with Crippen LogP contribution in [0.4, 0.5) is 19.0 Å². The number of anilines is 1. The van der Waals surface area contributed by atoms with E-state index >= 15 is 0 Å². The van der Waals surface area contributed by atoms with Crippen molar-refractivity contribution >= 4 is 11.7 Å². The Kier molecular flexibility index (Phi) is 5.07. The van der Waals surface area contributed by atoms with Crippen LogP contribution < -0.4 is 10.1 Å². The van der Waals surface area contributed by atoms with Crippen molar-refractivity contribution in [2.75, 3.05) is 5.32 Å². The lowest BCUT2D eigenvalue weighted by atomic mass is 10.1. The zero-order valence-corrected chi connectivity index (χ0v) is 14.1. The average molecular weight is 373 g/mol. The first-order chi connectivity index (χ1) is 12.8. The number of hydrogen-bond acceptors (Lipinski definition) is 4. The minimum atomic E-state index is -4.76. The number of carbonyl (C=O) groups excluding carboxylic acids is 1. The summed E-state index contributed by atoms with van der Waals surface area (Å²) in [5, 5.41) is 2.72. The van der Waals surface area contributed by atoms with Crippen molar-refractivity contribution < 1.29 is 22.7 Å². The number of aryl methyl sites for hydroxylation is 1. The molecule has 0 bridgehead atoms. The van der Waals surface area contributed by atoms with Gasteiger partial charge in [-0.1, -0.05) is 30.3 Å². The van der Waals surface area contributed by atoms with Gasteiger partial charge in [-0.25, -0.2) is 9.97 Å². The molecule has 0 atom stereocenters. The van der Waals surface area contributed by atoms with Crippen LogP contribution in [-0.4, -0.2) is 22.2 Å². The van der Waals surface area contributed by atoms with Crippen LogP contribution in [0.5, 0.6) is 5.75 Å². The molecule has 27 heavy (non-hydrogen) atoms. The number of amides is 1. The number of halogens is 3. The average Bonchev–Trinajstić information content (AvgIpc) is 2.62. The predicted molar refractivity (Wildman–Crippen MR) is 93.3 cm³/mol. The maximum atomic E-state index is 12.5. The van der Waals surface area contributed by atoms with Crippen LogP contribution in [0.15, 0.2) is 61.1 Å². The van der Waals surface area contributed by atoms with Crippen LogP contribution in [0.3, 0.4) is 0 Å². The molecule has 1 amide bonds. The number of hydrogen-bond donors (Lipinski definition) is 1. The smallest absolute Gasteiger partial charge is 0.406 e. The van der Waals surface area contributed by atoms with Crippen LogP contribution in [0.1, 0.15) is 15.9 Å². The normalized spacial score (nSPS) is 11.1. The fraction of sp³-hybridized carbons (Fsp3) is 0.105. The Morgan fingerprint density at radius 1 is 1.07 bits per heavy atom. The molecule has 0 aliphatic carbocycles. The quantitative estimate of drug-likeness (QED) is 0.726. The number of ether oxygens (including phenoxy) is 1. The van der Waals surface area contributed by atoms with E-state index in [2.05, 4.69) is 20.0 Å². The van der Waals surface area contributed by atoms with E-state index in [4.69, 9.17) is 0 Å². The highest BCUT2D eigenvalue weighted by molar-refractivity contribution is 6.06. The molecule has 0 spiro atoms. The molecule has 1 N–H and O–H groups in total. The van der Waals surface area contributed by atoms with Crippen molar-refractivity contribution in [3.8, 4) is 16.9 Å². The number of nitrogens with zero attached hydrogens (tertiary/aromatic N) is 2. The molecule has 5 nitrogen and oxygen atoms in total. The molecular weight excluding hydrogens is 359 g/mol. The van der Waals surface area contributed by atoms with Gasteiger partial charge in [0.25, 0.3) is 5.91 Å². The number of carbonyl (C=O) groups is 1. The molecule has 0 aliphatic heterocycles. The van der Waals surface area contributed by atoms with Gasteiger partial charge >= 0.3 is 6.36 Å². The standard InChI is InChI=1S/C19H14F3N3O2/c1-12-4-2-3-5-15(12)18(26)25-17-16(10-23-11-24-17)13-6-8-14(9-7-13)27-19(20,21)22/h2-11H,1H3,(H,23,24,25,26). The molecule has 1 heterocycles. The fourth-order valence-electron chi connectivity index (χ4n) is 2.48. The Balaban J connectivity index is 1.86. The third-order valence-electron chi connectivity index (χ3n) is 3.73. The van der Waals surface area contributed by atoms with Gasteiger partial charge in [0, 0.05) is 17.3 Å². The summed E-state index contributed by atoms with van der Waals surface area (Å²) < 4.78 is 40.7. The summed E-state index contributed by atoms with van der Waals surface area (Å²) in [5.74, 6) is -0.429. The van der Waals surface area contributed by atoms with Crippen LogP contribution >= 0.6 is 0 Å². The Morgan fingerprint density at radius 2 is 1.78 bits per heavy atom. The zero-order valence-electron chi connectivity index (χ0n) is 14.1. The SMILES string of the molecule is Cc1ccccc1C(=O)Nc1ncncc1-c1ccc(OC(F)(F)F)cc1. The lowest BCUT2D eigenvalue weighted by molar-refractivity contribution is -0.274. The molecule has 3 aromatic rings. The first-order valence-electron chi connectivity index (χ1n) is 7.86. The summed E-state index contributed by atoms with van der Waals surface area (Å²) in [7, 11) is 0. The molecule has 3 rings (SSSR count). The van der Waals surface area contributed by atoms with Crippen LogP contribution in [0, 0.1) is 6.92 Å². The number of benzene rings is 2. The summed E-state index contributed by atoms with van der Waals surface area (Å²) in [5.41, 5.74) is 2.30. The van der Waals surface area contributed by atoms with Crippen molar-refractivity contribution in [2.24, 2.45) is 0 Å². The second-order valence-corrected chi connectivity index (χ2v) is 5.63. The second-order valence-electron chi connectivity index (χ2n) is 5.63. The highest BCUT2D eigenvalue weighted by Gasteiger charge is 2.31. The molecule has 0 unspecified atom stereocenters. The molecule has 8 heteroatoms.